The number of β-amino-alcohol motifs (C(OH)–C–C–N with tert-alkyl or cyclic N) is 1. The molecule has 15 heteroatoms. The molecule has 4 aromatic rings. The molecule has 210 valence electrons. The van der Waals surface area contributed by atoms with E-state index in [0.29, 0.717) is 11.0 Å². The summed E-state index contributed by atoms with van der Waals surface area (Å²) < 4.78 is 69.9. The maximum Gasteiger partial charge on any atom is 0.423 e. The number of hydrogen-bond acceptors (Lipinski definition) is 5. The van der Waals surface area contributed by atoms with Gasteiger partial charge in [-0.25, -0.2) is 13.6 Å². The number of benzene rings is 3. The molecule has 2 aliphatic rings. The third kappa shape index (κ3) is 4.26. The Morgan fingerprint density at radius 1 is 1.07 bits per heavy atom. The maximum atomic E-state index is 14.2. The summed E-state index contributed by atoms with van der Waals surface area (Å²) in [6.45, 7) is -1.26. The third-order valence-electron chi connectivity index (χ3n) is 6.93. The second kappa shape index (κ2) is 9.24. The van der Waals surface area contributed by atoms with Crippen LogP contribution in [0.1, 0.15) is 33.1 Å². The number of urea groups is 1. The van der Waals surface area contributed by atoms with Gasteiger partial charge >= 0.3 is 12.2 Å². The van der Waals surface area contributed by atoms with Crippen molar-refractivity contribution < 1.29 is 36.6 Å². The SMILES string of the molecule is O=C1N[C@H](c2cc(F)ccc2Cl)c2c(NC(=O)N3C[C@@](O)(C(F)(F)F)c4cc(F)ccc43)cc(-n3nccn3)cc21. The van der Waals surface area contributed by atoms with Gasteiger partial charge < -0.3 is 15.7 Å². The zero-order chi connectivity index (χ0) is 29.3. The summed E-state index contributed by atoms with van der Waals surface area (Å²) in [4.78, 5) is 28.3. The molecule has 0 aliphatic carbocycles. The Hall–Kier alpha value is -4.56. The summed E-state index contributed by atoms with van der Waals surface area (Å²) in [6.07, 6.45) is -2.52. The van der Waals surface area contributed by atoms with Gasteiger partial charge in [-0.15, -0.1) is 0 Å². The van der Waals surface area contributed by atoms with Crippen molar-refractivity contribution in [2.24, 2.45) is 0 Å². The molecule has 0 spiro atoms. The first kappa shape index (κ1) is 26.7. The van der Waals surface area contributed by atoms with Crippen LogP contribution in [-0.4, -0.2) is 44.8 Å². The molecule has 0 unspecified atom stereocenters. The Morgan fingerprint density at radius 3 is 2.46 bits per heavy atom. The normalized spacial score (nSPS) is 19.6. The number of carbonyl (C=O) groups is 2. The molecule has 3 aromatic carbocycles. The highest BCUT2D eigenvalue weighted by Gasteiger charge is 2.61. The molecule has 0 saturated carbocycles. The highest BCUT2D eigenvalue weighted by molar-refractivity contribution is 6.31. The van der Waals surface area contributed by atoms with E-state index in [0.717, 1.165) is 29.1 Å². The van der Waals surface area contributed by atoms with Gasteiger partial charge in [0.25, 0.3) is 5.91 Å². The number of rotatable bonds is 3. The first-order chi connectivity index (χ1) is 19.4. The molecule has 3 amide bonds. The van der Waals surface area contributed by atoms with Crippen molar-refractivity contribution in [1.29, 1.82) is 0 Å². The van der Waals surface area contributed by atoms with Gasteiger partial charge in [0, 0.05) is 27.3 Å². The average molecular weight is 591 g/mol. The largest absolute Gasteiger partial charge is 0.423 e. The van der Waals surface area contributed by atoms with Gasteiger partial charge in [-0.3, -0.25) is 9.69 Å². The predicted molar refractivity (Wildman–Crippen MR) is 135 cm³/mol. The highest BCUT2D eigenvalue weighted by atomic mass is 35.5. The van der Waals surface area contributed by atoms with E-state index >= 15 is 0 Å². The van der Waals surface area contributed by atoms with Crippen LogP contribution in [0.3, 0.4) is 0 Å². The molecule has 1 aromatic heterocycles. The number of carbonyl (C=O) groups excluding carboxylic acids is 2. The number of alkyl halides is 3. The van der Waals surface area contributed by atoms with E-state index in [4.69, 9.17) is 11.6 Å². The summed E-state index contributed by atoms with van der Waals surface area (Å²) in [6, 6.07) is 6.43. The topological polar surface area (TPSA) is 112 Å². The van der Waals surface area contributed by atoms with E-state index < -0.39 is 53.5 Å². The molecule has 0 radical (unpaired) electrons. The molecule has 6 rings (SSSR count). The summed E-state index contributed by atoms with van der Waals surface area (Å²) in [7, 11) is 0. The van der Waals surface area contributed by atoms with Gasteiger partial charge in [0.05, 0.1) is 42.0 Å². The van der Waals surface area contributed by atoms with Crippen molar-refractivity contribution >= 4 is 34.9 Å². The van der Waals surface area contributed by atoms with Crippen LogP contribution in [0.25, 0.3) is 5.69 Å². The number of fused-ring (bicyclic) bond motifs is 2. The summed E-state index contributed by atoms with van der Waals surface area (Å²) >= 11 is 6.31. The molecule has 0 bridgehead atoms. The zero-order valence-electron chi connectivity index (χ0n) is 20.4. The van der Waals surface area contributed by atoms with Crippen LogP contribution in [0.5, 0.6) is 0 Å². The van der Waals surface area contributed by atoms with E-state index in [2.05, 4.69) is 20.8 Å². The van der Waals surface area contributed by atoms with Crippen molar-refractivity contribution in [2.75, 3.05) is 16.8 Å². The number of aliphatic hydroxyl groups is 1. The van der Waals surface area contributed by atoms with Gasteiger partial charge in [0.15, 0.2) is 0 Å². The lowest BCUT2D eigenvalue weighted by Gasteiger charge is -2.27. The van der Waals surface area contributed by atoms with E-state index in [1.165, 1.54) is 30.6 Å². The summed E-state index contributed by atoms with van der Waals surface area (Å²) in [5.41, 5.74) is -4.25. The monoisotopic (exact) mass is 590 g/mol. The number of nitrogens with zero attached hydrogens (tertiary/aromatic N) is 4. The van der Waals surface area contributed by atoms with E-state index in [1.807, 2.05) is 0 Å². The summed E-state index contributed by atoms with van der Waals surface area (Å²) in [5, 5.41) is 23.9. The fourth-order valence-corrected chi connectivity index (χ4v) is 5.26. The van der Waals surface area contributed by atoms with Crippen LogP contribution in [0, 0.1) is 11.6 Å². The molecular weight excluding hydrogens is 575 g/mol. The third-order valence-corrected chi connectivity index (χ3v) is 7.27. The van der Waals surface area contributed by atoms with Crippen molar-refractivity contribution in [3.63, 3.8) is 0 Å². The highest BCUT2D eigenvalue weighted by Crippen LogP contribution is 2.49. The van der Waals surface area contributed by atoms with Crippen LogP contribution in [0.4, 0.5) is 38.1 Å². The number of hydrogen-bond donors (Lipinski definition) is 3. The number of halogens is 6. The Balaban J connectivity index is 1.47. The second-order valence-corrected chi connectivity index (χ2v) is 9.79. The van der Waals surface area contributed by atoms with Crippen LogP contribution >= 0.6 is 11.6 Å². The molecule has 2 atom stereocenters. The Morgan fingerprint density at radius 2 is 1.76 bits per heavy atom. The predicted octanol–water partition coefficient (Wildman–Crippen LogP) is 4.83. The number of anilines is 2. The van der Waals surface area contributed by atoms with E-state index in [-0.39, 0.29) is 38.8 Å². The average Bonchev–Trinajstić information content (AvgIpc) is 3.63. The van der Waals surface area contributed by atoms with Crippen LogP contribution in [0.15, 0.2) is 60.9 Å². The van der Waals surface area contributed by atoms with Crippen LogP contribution < -0.4 is 15.5 Å². The van der Waals surface area contributed by atoms with Crippen molar-refractivity contribution in [3.8, 4) is 5.69 Å². The lowest BCUT2D eigenvalue weighted by molar-refractivity contribution is -0.258. The Kier molecular flexibility index (Phi) is 6.01. The van der Waals surface area contributed by atoms with Crippen molar-refractivity contribution in [2.45, 2.75) is 17.8 Å². The van der Waals surface area contributed by atoms with Crippen molar-refractivity contribution in [1.82, 2.24) is 20.3 Å². The molecular formula is C26H16ClF5N6O3. The van der Waals surface area contributed by atoms with Gasteiger partial charge in [-0.05, 0) is 48.5 Å². The second-order valence-electron chi connectivity index (χ2n) is 9.38. The van der Waals surface area contributed by atoms with Gasteiger partial charge in [0.2, 0.25) is 5.60 Å². The minimum atomic E-state index is -5.24. The van der Waals surface area contributed by atoms with Gasteiger partial charge in [-0.1, -0.05) is 11.6 Å². The number of amides is 3. The smallest absolute Gasteiger partial charge is 0.375 e. The first-order valence-corrected chi connectivity index (χ1v) is 12.2. The van der Waals surface area contributed by atoms with E-state index in [1.54, 1.807) is 0 Å². The van der Waals surface area contributed by atoms with Gasteiger partial charge in [0.1, 0.15) is 11.6 Å². The number of nitrogens with one attached hydrogen (secondary N) is 2. The molecule has 0 fully saturated rings. The van der Waals surface area contributed by atoms with Crippen LogP contribution in [0.2, 0.25) is 5.02 Å². The molecule has 3 heterocycles. The minimum absolute atomic E-state index is 0.0381. The van der Waals surface area contributed by atoms with Gasteiger partial charge in [-0.2, -0.15) is 28.2 Å². The fraction of sp³-hybridized carbons (Fsp3) is 0.154. The number of aromatic nitrogens is 3. The fourth-order valence-electron chi connectivity index (χ4n) is 5.04. The Labute approximate surface area is 232 Å². The molecule has 0 saturated heterocycles. The van der Waals surface area contributed by atoms with Crippen LogP contribution in [-0.2, 0) is 5.60 Å². The van der Waals surface area contributed by atoms with Crippen molar-refractivity contribution in [3.05, 3.63) is 99.8 Å². The zero-order valence-corrected chi connectivity index (χ0v) is 21.1. The summed E-state index contributed by atoms with van der Waals surface area (Å²) in [5.74, 6) is -2.30. The standard InChI is InChI=1S/C26H16ClF5N6O3/c27-18-3-1-12(28)7-15(18)22-21-16(23(39)36-22)9-14(38-33-5-6-34-38)10-19(21)35-24(40)37-11-25(41,26(30,31)32)17-8-13(29)2-4-20(17)37/h1-10,22,41H,11H2,(H,35,40)(H,36,39)/t22-,25+/m1/s1. The molecule has 2 aliphatic heterocycles. The first-order valence-electron chi connectivity index (χ1n) is 11.9. The van der Waals surface area contributed by atoms with E-state index in [9.17, 15) is 36.6 Å². The molecule has 41 heavy (non-hydrogen) atoms. The molecule has 9 nitrogen and oxygen atoms in total. The molecule has 3 N–H and O–H groups in total. The minimum Gasteiger partial charge on any atom is -0.375 e. The maximum absolute atomic E-state index is 14.2. The lowest BCUT2D eigenvalue weighted by atomic mass is 9.95. The lowest BCUT2D eigenvalue weighted by Crippen LogP contribution is -2.48. The quantitative estimate of drug-likeness (QED) is 0.296. The Bertz CT molecular complexity index is 1730.